The van der Waals surface area contributed by atoms with E-state index in [0.717, 1.165) is 31.5 Å². The molecule has 0 amide bonds. The summed E-state index contributed by atoms with van der Waals surface area (Å²) in [6, 6.07) is 9.52. The van der Waals surface area contributed by atoms with E-state index in [9.17, 15) is 8.78 Å². The van der Waals surface area contributed by atoms with E-state index in [0.29, 0.717) is 6.42 Å². The first-order valence-corrected chi connectivity index (χ1v) is 6.30. The van der Waals surface area contributed by atoms with Crippen molar-refractivity contribution >= 4 is 0 Å². The van der Waals surface area contributed by atoms with Crippen LogP contribution in [0.2, 0.25) is 0 Å². The van der Waals surface area contributed by atoms with Gasteiger partial charge < -0.3 is 0 Å². The van der Waals surface area contributed by atoms with E-state index < -0.39 is 5.92 Å². The highest BCUT2D eigenvalue weighted by molar-refractivity contribution is 5.14. The number of benzene rings is 1. The van der Waals surface area contributed by atoms with Gasteiger partial charge in [-0.25, -0.2) is 8.78 Å². The van der Waals surface area contributed by atoms with E-state index in [-0.39, 0.29) is 13.0 Å². The Labute approximate surface area is 101 Å². The standard InChI is InChI=1S/C14H19F2N/c15-14(16,12-17-10-4-5-11-17)9-8-13-6-2-1-3-7-13/h1-3,6-7H,4-5,8-12H2. The molecule has 1 aromatic carbocycles. The number of hydrogen-bond acceptors (Lipinski definition) is 1. The average Bonchev–Trinajstić information content (AvgIpc) is 2.80. The summed E-state index contributed by atoms with van der Waals surface area (Å²) in [5.74, 6) is -2.56. The topological polar surface area (TPSA) is 3.24 Å². The molecular weight excluding hydrogens is 220 g/mol. The third-order valence-corrected chi connectivity index (χ3v) is 3.28. The maximum absolute atomic E-state index is 13.7. The van der Waals surface area contributed by atoms with Crippen molar-refractivity contribution in [3.8, 4) is 0 Å². The van der Waals surface area contributed by atoms with Gasteiger partial charge >= 0.3 is 0 Å². The van der Waals surface area contributed by atoms with Gasteiger partial charge in [0.1, 0.15) is 0 Å². The SMILES string of the molecule is FC(F)(CCc1ccccc1)CN1CCCC1. The number of likely N-dealkylation sites (tertiary alicyclic amines) is 1. The van der Waals surface area contributed by atoms with Crippen LogP contribution >= 0.6 is 0 Å². The van der Waals surface area contributed by atoms with Gasteiger partial charge in [0.25, 0.3) is 5.92 Å². The number of nitrogens with zero attached hydrogens (tertiary/aromatic N) is 1. The van der Waals surface area contributed by atoms with Crippen LogP contribution in [0.5, 0.6) is 0 Å². The van der Waals surface area contributed by atoms with Gasteiger partial charge in [0, 0.05) is 6.42 Å². The molecule has 0 bridgehead atoms. The van der Waals surface area contributed by atoms with Crippen molar-refractivity contribution in [2.24, 2.45) is 0 Å². The Hall–Kier alpha value is -0.960. The lowest BCUT2D eigenvalue weighted by atomic mass is 10.1. The van der Waals surface area contributed by atoms with Gasteiger partial charge in [0.2, 0.25) is 0 Å². The van der Waals surface area contributed by atoms with E-state index in [2.05, 4.69) is 0 Å². The molecule has 1 aliphatic rings. The molecule has 17 heavy (non-hydrogen) atoms. The molecule has 1 aliphatic heterocycles. The van der Waals surface area contributed by atoms with Crippen LogP contribution in [0.3, 0.4) is 0 Å². The Morgan fingerprint density at radius 1 is 1.06 bits per heavy atom. The Morgan fingerprint density at radius 2 is 1.71 bits per heavy atom. The second-order valence-electron chi connectivity index (χ2n) is 4.82. The van der Waals surface area contributed by atoms with Gasteiger partial charge in [-0.3, -0.25) is 4.90 Å². The summed E-state index contributed by atoms with van der Waals surface area (Å²) in [6.07, 6.45) is 2.54. The summed E-state index contributed by atoms with van der Waals surface area (Å²) in [6.45, 7) is 1.60. The zero-order chi connectivity index (χ0) is 12.1. The van der Waals surface area contributed by atoms with Gasteiger partial charge in [-0.2, -0.15) is 0 Å². The maximum atomic E-state index is 13.7. The van der Waals surface area contributed by atoms with Gasteiger partial charge in [-0.1, -0.05) is 30.3 Å². The Morgan fingerprint density at radius 3 is 2.35 bits per heavy atom. The number of halogens is 2. The minimum absolute atomic E-state index is 0.0481. The average molecular weight is 239 g/mol. The molecular formula is C14H19F2N. The highest BCUT2D eigenvalue weighted by Crippen LogP contribution is 2.24. The summed E-state index contributed by atoms with van der Waals surface area (Å²) in [4.78, 5) is 1.88. The molecule has 0 atom stereocenters. The summed E-state index contributed by atoms with van der Waals surface area (Å²) < 4.78 is 27.4. The Kier molecular flexibility index (Phi) is 4.11. The van der Waals surface area contributed by atoms with E-state index in [1.54, 1.807) is 0 Å². The van der Waals surface area contributed by atoms with Crippen molar-refractivity contribution in [2.75, 3.05) is 19.6 Å². The fourth-order valence-electron chi connectivity index (χ4n) is 2.32. The molecule has 0 unspecified atom stereocenters. The van der Waals surface area contributed by atoms with E-state index >= 15 is 0 Å². The molecule has 0 saturated carbocycles. The summed E-state index contributed by atoms with van der Waals surface area (Å²) in [5, 5.41) is 0. The second kappa shape index (κ2) is 5.58. The van der Waals surface area contributed by atoms with Gasteiger partial charge in [0.15, 0.2) is 0 Å². The van der Waals surface area contributed by atoms with Crippen LogP contribution in [0.4, 0.5) is 8.78 Å². The first-order valence-electron chi connectivity index (χ1n) is 6.30. The van der Waals surface area contributed by atoms with Crippen LogP contribution in [0.15, 0.2) is 30.3 Å². The molecule has 94 valence electrons. The normalized spacial score (nSPS) is 17.5. The molecule has 1 heterocycles. The smallest absolute Gasteiger partial charge is 0.260 e. The lowest BCUT2D eigenvalue weighted by Gasteiger charge is -2.23. The fourth-order valence-corrected chi connectivity index (χ4v) is 2.32. The number of rotatable bonds is 5. The lowest BCUT2D eigenvalue weighted by Crippen LogP contribution is -2.35. The molecule has 0 N–H and O–H groups in total. The molecule has 0 aliphatic carbocycles. The molecule has 1 saturated heterocycles. The number of aryl methyl sites for hydroxylation is 1. The van der Waals surface area contributed by atoms with Crippen LogP contribution in [0.1, 0.15) is 24.8 Å². The summed E-state index contributed by atoms with van der Waals surface area (Å²) in [7, 11) is 0. The monoisotopic (exact) mass is 239 g/mol. The van der Waals surface area contributed by atoms with Crippen LogP contribution in [-0.4, -0.2) is 30.5 Å². The minimum atomic E-state index is -2.56. The van der Waals surface area contributed by atoms with Gasteiger partial charge in [-0.05, 0) is 37.9 Å². The third kappa shape index (κ3) is 4.08. The van der Waals surface area contributed by atoms with Gasteiger partial charge in [-0.15, -0.1) is 0 Å². The molecule has 0 radical (unpaired) electrons. The maximum Gasteiger partial charge on any atom is 0.260 e. The Balaban J connectivity index is 1.80. The molecule has 1 aromatic rings. The first kappa shape index (κ1) is 12.5. The van der Waals surface area contributed by atoms with Gasteiger partial charge in [0.05, 0.1) is 6.54 Å². The van der Waals surface area contributed by atoms with Crippen LogP contribution < -0.4 is 0 Å². The predicted molar refractivity (Wildman–Crippen MR) is 65.4 cm³/mol. The molecule has 1 nitrogen and oxygen atoms in total. The summed E-state index contributed by atoms with van der Waals surface area (Å²) in [5.41, 5.74) is 0.994. The van der Waals surface area contributed by atoms with Crippen molar-refractivity contribution < 1.29 is 8.78 Å². The number of alkyl halides is 2. The molecule has 3 heteroatoms. The van der Waals surface area contributed by atoms with Crippen molar-refractivity contribution in [3.05, 3.63) is 35.9 Å². The van der Waals surface area contributed by atoms with Crippen molar-refractivity contribution in [1.29, 1.82) is 0 Å². The largest absolute Gasteiger partial charge is 0.297 e. The van der Waals surface area contributed by atoms with Crippen LogP contribution in [0, 0.1) is 0 Å². The molecule has 1 fully saturated rings. The second-order valence-corrected chi connectivity index (χ2v) is 4.82. The van der Waals surface area contributed by atoms with Crippen molar-refractivity contribution in [1.82, 2.24) is 4.90 Å². The molecule has 0 aromatic heterocycles. The van der Waals surface area contributed by atoms with Crippen LogP contribution in [0.25, 0.3) is 0 Å². The highest BCUT2D eigenvalue weighted by atomic mass is 19.3. The fraction of sp³-hybridized carbons (Fsp3) is 0.571. The van der Waals surface area contributed by atoms with Crippen molar-refractivity contribution in [3.63, 3.8) is 0 Å². The summed E-state index contributed by atoms with van der Waals surface area (Å²) >= 11 is 0. The third-order valence-electron chi connectivity index (χ3n) is 3.28. The van der Waals surface area contributed by atoms with E-state index in [4.69, 9.17) is 0 Å². The van der Waals surface area contributed by atoms with E-state index in [1.807, 2.05) is 35.2 Å². The lowest BCUT2D eigenvalue weighted by molar-refractivity contribution is -0.0340. The number of hydrogen-bond donors (Lipinski definition) is 0. The zero-order valence-corrected chi connectivity index (χ0v) is 10.0. The van der Waals surface area contributed by atoms with E-state index in [1.165, 1.54) is 0 Å². The predicted octanol–water partition coefficient (Wildman–Crippen LogP) is 3.35. The zero-order valence-electron chi connectivity index (χ0n) is 10.0. The molecule has 2 rings (SSSR count). The minimum Gasteiger partial charge on any atom is -0.297 e. The van der Waals surface area contributed by atoms with Crippen LogP contribution in [-0.2, 0) is 6.42 Å². The van der Waals surface area contributed by atoms with Crippen molar-refractivity contribution in [2.45, 2.75) is 31.6 Å². The highest BCUT2D eigenvalue weighted by Gasteiger charge is 2.32. The quantitative estimate of drug-likeness (QED) is 0.761. The first-order chi connectivity index (χ1) is 8.16. The molecule has 0 spiro atoms. The Bertz CT molecular complexity index is 331.